The molecule has 2 aromatic rings. The van der Waals surface area contributed by atoms with Gasteiger partial charge in [-0.25, -0.2) is 0 Å². The van der Waals surface area contributed by atoms with Gasteiger partial charge in [-0.15, -0.1) is 12.4 Å². The molecule has 25 heavy (non-hydrogen) atoms. The largest absolute Gasteiger partial charge is 0.399 e. The van der Waals surface area contributed by atoms with E-state index in [1.807, 2.05) is 39.8 Å². The highest BCUT2D eigenvalue weighted by Gasteiger charge is 2.21. The molecule has 5 nitrogen and oxygen atoms in total. The maximum absolute atomic E-state index is 12.4. The lowest BCUT2D eigenvalue weighted by Gasteiger charge is -2.18. The number of aryl methyl sites for hydroxylation is 1. The van der Waals surface area contributed by atoms with Crippen LogP contribution in [0.3, 0.4) is 0 Å². The quantitative estimate of drug-likeness (QED) is 0.715. The number of hydrogen-bond donors (Lipinski definition) is 3. The summed E-state index contributed by atoms with van der Waals surface area (Å²) in [5, 5.41) is 5.72. The van der Waals surface area contributed by atoms with E-state index in [1.165, 1.54) is 0 Å². The maximum atomic E-state index is 12.4. The smallest absolute Gasteiger partial charge is 0.255 e. The van der Waals surface area contributed by atoms with Crippen molar-refractivity contribution in [3.63, 3.8) is 0 Å². The number of nitrogens with one attached hydrogen (secondary N) is 2. The molecule has 0 fully saturated rings. The Morgan fingerprint density at radius 2 is 1.68 bits per heavy atom. The Labute approximate surface area is 154 Å². The number of hydrogen-bond acceptors (Lipinski definition) is 3. The lowest BCUT2D eigenvalue weighted by atomic mass is 9.95. The first-order chi connectivity index (χ1) is 11.2. The van der Waals surface area contributed by atoms with Crippen LogP contribution in [0, 0.1) is 12.3 Å². The molecular formula is C19H24ClN3O2. The van der Waals surface area contributed by atoms with Crippen molar-refractivity contribution in [1.29, 1.82) is 0 Å². The number of nitrogens with two attached hydrogens (primary N) is 1. The summed E-state index contributed by atoms with van der Waals surface area (Å²) in [6.45, 7) is 7.43. The second-order valence-corrected chi connectivity index (χ2v) is 6.81. The molecule has 4 N–H and O–H groups in total. The molecule has 0 saturated carbocycles. The van der Waals surface area contributed by atoms with Gasteiger partial charge in [-0.2, -0.15) is 0 Å². The van der Waals surface area contributed by atoms with Crippen molar-refractivity contribution in [1.82, 2.24) is 0 Å². The summed E-state index contributed by atoms with van der Waals surface area (Å²) in [5.74, 6) is -0.329. The predicted octanol–water partition coefficient (Wildman–Crippen LogP) is 4.24. The zero-order chi connectivity index (χ0) is 17.9. The Kier molecular flexibility index (Phi) is 6.59. The molecule has 134 valence electrons. The van der Waals surface area contributed by atoms with Crippen LogP contribution in [-0.2, 0) is 4.79 Å². The van der Waals surface area contributed by atoms with Crippen LogP contribution >= 0.6 is 12.4 Å². The van der Waals surface area contributed by atoms with Crippen molar-refractivity contribution in [2.75, 3.05) is 16.4 Å². The number of anilines is 3. The van der Waals surface area contributed by atoms with E-state index in [4.69, 9.17) is 5.73 Å². The molecule has 0 aliphatic carbocycles. The van der Waals surface area contributed by atoms with Gasteiger partial charge < -0.3 is 16.4 Å². The third kappa shape index (κ3) is 5.50. The summed E-state index contributed by atoms with van der Waals surface area (Å²) in [6, 6.07) is 12.2. The molecule has 0 heterocycles. The third-order valence-electron chi connectivity index (χ3n) is 3.57. The summed E-state index contributed by atoms with van der Waals surface area (Å²) >= 11 is 0. The van der Waals surface area contributed by atoms with Crippen molar-refractivity contribution in [2.45, 2.75) is 27.7 Å². The van der Waals surface area contributed by atoms with Gasteiger partial charge in [0.15, 0.2) is 0 Å². The van der Waals surface area contributed by atoms with E-state index in [-0.39, 0.29) is 24.2 Å². The number of amides is 2. The highest BCUT2D eigenvalue weighted by Crippen LogP contribution is 2.23. The van der Waals surface area contributed by atoms with Crippen molar-refractivity contribution < 1.29 is 9.59 Å². The number of benzene rings is 2. The summed E-state index contributed by atoms with van der Waals surface area (Å²) in [4.78, 5) is 24.5. The first-order valence-corrected chi connectivity index (χ1v) is 7.76. The van der Waals surface area contributed by atoms with Crippen LogP contribution < -0.4 is 16.4 Å². The molecule has 0 unspecified atom stereocenters. The molecule has 0 saturated heterocycles. The molecule has 0 radical (unpaired) electrons. The van der Waals surface area contributed by atoms with Crippen LogP contribution in [0.25, 0.3) is 0 Å². The van der Waals surface area contributed by atoms with Gasteiger partial charge in [0.1, 0.15) is 0 Å². The minimum atomic E-state index is -0.490. The fraction of sp³-hybridized carbons (Fsp3) is 0.263. The molecule has 2 rings (SSSR count). The molecule has 0 aliphatic rings. The minimum absolute atomic E-state index is 0. The summed E-state index contributed by atoms with van der Waals surface area (Å²) < 4.78 is 0. The van der Waals surface area contributed by atoms with E-state index in [0.717, 1.165) is 5.56 Å². The van der Waals surface area contributed by atoms with Crippen molar-refractivity contribution in [3.05, 3.63) is 53.6 Å². The van der Waals surface area contributed by atoms with Gasteiger partial charge in [0.05, 0.1) is 0 Å². The van der Waals surface area contributed by atoms with Gasteiger partial charge in [-0.05, 0) is 42.8 Å². The lowest BCUT2D eigenvalue weighted by molar-refractivity contribution is -0.123. The van der Waals surface area contributed by atoms with Crippen molar-refractivity contribution in [3.8, 4) is 0 Å². The Morgan fingerprint density at radius 3 is 2.28 bits per heavy atom. The molecule has 0 atom stereocenters. The van der Waals surface area contributed by atoms with Gasteiger partial charge in [-0.3, -0.25) is 9.59 Å². The fourth-order valence-corrected chi connectivity index (χ4v) is 2.03. The van der Waals surface area contributed by atoms with E-state index in [9.17, 15) is 9.59 Å². The SMILES string of the molecule is Cc1ccc(NC(=O)C(C)(C)C)cc1NC(=O)c1cccc(N)c1.Cl. The fourth-order valence-electron chi connectivity index (χ4n) is 2.03. The standard InChI is InChI=1S/C19H23N3O2.ClH/c1-12-8-9-15(21-18(24)19(2,3)4)11-16(12)22-17(23)13-6-5-7-14(20)10-13;/h5-11H,20H2,1-4H3,(H,21,24)(H,22,23);1H. The van der Waals surface area contributed by atoms with E-state index < -0.39 is 5.41 Å². The van der Waals surface area contributed by atoms with Gasteiger partial charge in [0.2, 0.25) is 5.91 Å². The molecular weight excluding hydrogens is 338 g/mol. The minimum Gasteiger partial charge on any atom is -0.399 e. The Morgan fingerprint density at radius 1 is 1.00 bits per heavy atom. The van der Waals surface area contributed by atoms with Crippen LogP contribution in [0.1, 0.15) is 36.7 Å². The molecule has 0 bridgehead atoms. The van der Waals surface area contributed by atoms with Crippen molar-refractivity contribution >= 4 is 41.3 Å². The Balaban J connectivity index is 0.00000312. The molecule has 2 amide bonds. The number of nitrogen functional groups attached to an aromatic ring is 1. The Bertz CT molecular complexity index is 782. The van der Waals surface area contributed by atoms with Gasteiger partial charge in [0, 0.05) is 28.0 Å². The van der Waals surface area contributed by atoms with Crippen LogP contribution in [0.15, 0.2) is 42.5 Å². The molecule has 0 aromatic heterocycles. The van der Waals surface area contributed by atoms with Gasteiger partial charge in [0.25, 0.3) is 5.91 Å². The van der Waals surface area contributed by atoms with Crippen molar-refractivity contribution in [2.24, 2.45) is 5.41 Å². The average Bonchev–Trinajstić information content (AvgIpc) is 2.49. The number of halogens is 1. The third-order valence-corrected chi connectivity index (χ3v) is 3.57. The van der Waals surface area contributed by atoms with E-state index in [0.29, 0.717) is 22.6 Å². The lowest BCUT2D eigenvalue weighted by Crippen LogP contribution is -2.27. The topological polar surface area (TPSA) is 84.2 Å². The molecule has 2 aromatic carbocycles. The first kappa shape index (κ1) is 20.5. The van der Waals surface area contributed by atoms with Crippen LogP contribution in [0.4, 0.5) is 17.1 Å². The maximum Gasteiger partial charge on any atom is 0.255 e. The number of rotatable bonds is 3. The second kappa shape index (κ2) is 8.03. The average molecular weight is 362 g/mol. The monoisotopic (exact) mass is 361 g/mol. The van der Waals surface area contributed by atoms with Gasteiger partial charge >= 0.3 is 0 Å². The summed E-state index contributed by atoms with van der Waals surface area (Å²) in [5.41, 5.74) is 8.43. The highest BCUT2D eigenvalue weighted by molar-refractivity contribution is 6.05. The van der Waals surface area contributed by atoms with Gasteiger partial charge in [-0.1, -0.05) is 32.9 Å². The molecule has 6 heteroatoms. The van der Waals surface area contributed by atoms with E-state index in [2.05, 4.69) is 10.6 Å². The zero-order valence-electron chi connectivity index (χ0n) is 14.8. The molecule has 0 aliphatic heterocycles. The zero-order valence-corrected chi connectivity index (χ0v) is 15.7. The van der Waals surface area contributed by atoms with Crippen LogP contribution in [0.2, 0.25) is 0 Å². The second-order valence-electron chi connectivity index (χ2n) is 6.81. The summed E-state index contributed by atoms with van der Waals surface area (Å²) in [6.07, 6.45) is 0. The normalized spacial score (nSPS) is 10.6. The molecule has 0 spiro atoms. The Hall–Kier alpha value is -2.53. The number of carbonyl (C=O) groups excluding carboxylic acids is 2. The summed E-state index contributed by atoms with van der Waals surface area (Å²) in [7, 11) is 0. The number of carbonyl (C=O) groups is 2. The predicted molar refractivity (Wildman–Crippen MR) is 105 cm³/mol. The first-order valence-electron chi connectivity index (χ1n) is 7.76. The van der Waals surface area contributed by atoms with E-state index >= 15 is 0 Å². The van der Waals surface area contributed by atoms with Crippen LogP contribution in [-0.4, -0.2) is 11.8 Å². The van der Waals surface area contributed by atoms with E-state index in [1.54, 1.807) is 30.3 Å². The van der Waals surface area contributed by atoms with Crippen LogP contribution in [0.5, 0.6) is 0 Å². The highest BCUT2D eigenvalue weighted by atomic mass is 35.5.